The van der Waals surface area contributed by atoms with Crippen LogP contribution in [-0.4, -0.2) is 146 Å². The number of carboxylic acids is 1. The summed E-state index contributed by atoms with van der Waals surface area (Å²) in [6.07, 6.45) is -0.307. The molecule has 18 nitrogen and oxygen atoms in total. The van der Waals surface area contributed by atoms with Crippen LogP contribution in [-0.2, 0) is 33.3 Å². The molecule has 1 unspecified atom stereocenters. The second-order valence-electron chi connectivity index (χ2n) is 11.3. The van der Waals surface area contributed by atoms with E-state index >= 15 is 0 Å². The number of aliphatic imine (C=N–C) groups is 1. The van der Waals surface area contributed by atoms with Gasteiger partial charge >= 0.3 is 11.9 Å². The van der Waals surface area contributed by atoms with Crippen LogP contribution in [0.1, 0.15) is 6.42 Å². The highest BCUT2D eigenvalue weighted by Crippen LogP contribution is 2.37. The number of esters is 1. The highest BCUT2D eigenvalue weighted by molar-refractivity contribution is 5.94. The summed E-state index contributed by atoms with van der Waals surface area (Å²) in [5.74, 6) is -3.72. The maximum absolute atomic E-state index is 12.9. The van der Waals surface area contributed by atoms with Crippen LogP contribution in [0.2, 0.25) is 0 Å². The van der Waals surface area contributed by atoms with Crippen molar-refractivity contribution in [3.05, 3.63) is 59.7 Å². The van der Waals surface area contributed by atoms with E-state index in [9.17, 15) is 35.1 Å². The number of nitrogens with one attached hydrogen (secondary N) is 3. The molecular formula is C31H48N5O13+. The van der Waals surface area contributed by atoms with E-state index < -0.39 is 67.4 Å². The fourth-order valence-corrected chi connectivity index (χ4v) is 5.51. The molecule has 3 aliphatic rings. The summed E-state index contributed by atoms with van der Waals surface area (Å²) in [6.45, 7) is 3.51. The van der Waals surface area contributed by atoms with Gasteiger partial charge in [0.15, 0.2) is 12.2 Å². The predicted octanol–water partition coefficient (Wildman–Crippen LogP) is -4.21. The number of quaternary nitrogens is 1. The number of aliphatic hydroxyl groups excluding tert-OH is 5. The van der Waals surface area contributed by atoms with E-state index in [4.69, 9.17) is 34.5 Å². The molecule has 0 aromatic rings. The SMILES string of the molecule is C=C[C@H]1[C@H](O[C@@H]2O[C@H](CO)[C@@H](O)[C@H](O)[C@H]2OCNC)OC=C(C(=O)OC)[C@H]1/C=C/C1=C(NC(N)=NCCCO)C(C(=O)O)=C[NH+](CCO)C1. The molecule has 274 valence electrons. The minimum atomic E-state index is -1.50. The number of allylic oxidation sites excluding steroid dienone is 1. The van der Waals surface area contributed by atoms with Crippen molar-refractivity contribution in [2.75, 3.05) is 60.3 Å². The first-order valence-electron chi connectivity index (χ1n) is 15.7. The fourth-order valence-electron chi connectivity index (χ4n) is 5.51. The van der Waals surface area contributed by atoms with E-state index in [-0.39, 0.29) is 62.4 Å². The lowest BCUT2D eigenvalue weighted by atomic mass is 9.83. The topological polar surface area (TPSA) is 269 Å². The van der Waals surface area contributed by atoms with Crippen LogP contribution in [0.15, 0.2) is 64.7 Å². The molecule has 49 heavy (non-hydrogen) atoms. The van der Waals surface area contributed by atoms with E-state index in [2.05, 4.69) is 22.2 Å². The summed E-state index contributed by atoms with van der Waals surface area (Å²) in [7, 11) is 2.80. The Kier molecular flexibility index (Phi) is 15.8. The number of carboxylic acid groups (broad SMARTS) is 1. The van der Waals surface area contributed by atoms with Crippen molar-refractivity contribution < 1.29 is 68.8 Å². The largest absolute Gasteiger partial charge is 0.477 e. The predicted molar refractivity (Wildman–Crippen MR) is 171 cm³/mol. The third-order valence-corrected chi connectivity index (χ3v) is 8.00. The van der Waals surface area contributed by atoms with Crippen molar-refractivity contribution in [3.63, 3.8) is 0 Å². The highest BCUT2D eigenvalue weighted by atomic mass is 16.8. The number of nitrogens with two attached hydrogens (primary N) is 1. The Hall–Kier alpha value is -3.69. The lowest BCUT2D eigenvalue weighted by molar-refractivity contribution is -0.843. The van der Waals surface area contributed by atoms with Gasteiger partial charge in [0, 0.05) is 24.6 Å². The van der Waals surface area contributed by atoms with Gasteiger partial charge in [-0.15, -0.1) is 6.58 Å². The van der Waals surface area contributed by atoms with Gasteiger partial charge in [-0.25, -0.2) is 9.59 Å². The van der Waals surface area contributed by atoms with Crippen molar-refractivity contribution in [1.29, 1.82) is 0 Å². The number of carbonyl (C=O) groups is 2. The molecule has 3 aliphatic heterocycles. The number of hydrogen-bond donors (Lipinski definition) is 10. The number of carbonyl (C=O) groups excluding carboxylic acids is 1. The first-order chi connectivity index (χ1) is 23.5. The van der Waals surface area contributed by atoms with Crippen molar-refractivity contribution in [1.82, 2.24) is 10.6 Å². The Balaban J connectivity index is 2.04. The molecule has 1 fully saturated rings. The van der Waals surface area contributed by atoms with Crippen molar-refractivity contribution in [2.45, 2.75) is 43.4 Å². The van der Waals surface area contributed by atoms with Crippen LogP contribution < -0.4 is 21.3 Å². The van der Waals surface area contributed by atoms with Crippen LogP contribution in [0.25, 0.3) is 0 Å². The number of guanidine groups is 1. The molecule has 0 aliphatic carbocycles. The minimum Gasteiger partial charge on any atom is -0.477 e. The molecule has 0 saturated carbocycles. The minimum absolute atomic E-state index is 0.0418. The molecule has 0 aromatic carbocycles. The summed E-state index contributed by atoms with van der Waals surface area (Å²) in [5, 5.41) is 65.3. The molecule has 3 heterocycles. The maximum atomic E-state index is 12.9. The van der Waals surface area contributed by atoms with Gasteiger partial charge in [-0.1, -0.05) is 18.2 Å². The molecule has 18 heteroatoms. The zero-order chi connectivity index (χ0) is 36.1. The first kappa shape index (κ1) is 39.7. The molecule has 11 N–H and O–H groups in total. The van der Waals surface area contributed by atoms with Crippen LogP contribution in [0.4, 0.5) is 0 Å². The Bertz CT molecular complexity index is 1300. The Morgan fingerprint density at radius 3 is 2.57 bits per heavy atom. The van der Waals surface area contributed by atoms with Crippen molar-refractivity contribution >= 4 is 17.9 Å². The van der Waals surface area contributed by atoms with Crippen LogP contribution >= 0.6 is 0 Å². The van der Waals surface area contributed by atoms with Crippen LogP contribution in [0, 0.1) is 11.8 Å². The molecular weight excluding hydrogens is 650 g/mol. The third-order valence-electron chi connectivity index (χ3n) is 8.00. The average molecular weight is 699 g/mol. The van der Waals surface area contributed by atoms with Gasteiger partial charge in [-0.2, -0.15) is 0 Å². The average Bonchev–Trinajstić information content (AvgIpc) is 3.09. The van der Waals surface area contributed by atoms with Crippen molar-refractivity contribution in [2.24, 2.45) is 22.6 Å². The number of aliphatic hydroxyl groups is 5. The van der Waals surface area contributed by atoms with E-state index in [1.54, 1.807) is 19.2 Å². The Labute approximate surface area is 283 Å². The smallest absolute Gasteiger partial charge is 0.343 e. The normalized spacial score (nSPS) is 30.8. The van der Waals surface area contributed by atoms with E-state index in [1.165, 1.54) is 19.4 Å². The molecule has 3 rings (SSSR count). The number of methoxy groups -OCH3 is 1. The molecule has 0 amide bonds. The highest BCUT2D eigenvalue weighted by Gasteiger charge is 2.48. The van der Waals surface area contributed by atoms with E-state index in [0.717, 1.165) is 6.26 Å². The van der Waals surface area contributed by atoms with Gasteiger partial charge in [0.1, 0.15) is 49.3 Å². The maximum Gasteiger partial charge on any atom is 0.343 e. The monoisotopic (exact) mass is 698 g/mol. The van der Waals surface area contributed by atoms with Crippen LogP contribution in [0.5, 0.6) is 0 Å². The fraction of sp³-hybridized carbons (Fsp3) is 0.581. The quantitative estimate of drug-likeness (QED) is 0.0172. The zero-order valence-corrected chi connectivity index (χ0v) is 27.4. The summed E-state index contributed by atoms with van der Waals surface area (Å²) < 4.78 is 28.3. The molecule has 0 aromatic heterocycles. The molecule has 0 spiro atoms. The molecule has 9 atom stereocenters. The lowest BCUT2D eigenvalue weighted by Gasteiger charge is -2.44. The van der Waals surface area contributed by atoms with Gasteiger partial charge < -0.3 is 70.3 Å². The summed E-state index contributed by atoms with van der Waals surface area (Å²) in [5.41, 5.74) is 6.57. The first-order valence-corrected chi connectivity index (χ1v) is 15.7. The second-order valence-corrected chi connectivity index (χ2v) is 11.3. The van der Waals surface area contributed by atoms with E-state index in [1.807, 2.05) is 0 Å². The summed E-state index contributed by atoms with van der Waals surface area (Å²) in [4.78, 5) is 30.0. The van der Waals surface area contributed by atoms with Gasteiger partial charge in [0.05, 0.1) is 50.5 Å². The standard InChI is InChI=1S/C31H47N5O13/c1-4-18-19(7-6-17-12-36(9-11-38)13-20(27(42)43)23(17)35-31(32)34-8-5-10-37)21(28(44)45-3)15-46-29(18)49-30-26(47-16-33-2)25(41)24(40)22(14-39)48-30/h4,6-7,13,15,18-19,22,24-26,29-30,33,37-41H,1,5,8-12,14,16H2,2-3H3,(H,42,43)(H3,32,34,35)/p+1/b7-6+/t18-,19+,22-,24-,25+,26-,29+,30+/m1/s1. The second kappa shape index (κ2) is 19.5. The van der Waals surface area contributed by atoms with Crippen molar-refractivity contribution in [3.8, 4) is 0 Å². The third kappa shape index (κ3) is 10.2. The number of hydrogen-bond acceptors (Lipinski definition) is 14. The van der Waals surface area contributed by atoms with Gasteiger partial charge in [-0.3, -0.25) is 10.3 Å². The van der Waals surface area contributed by atoms with E-state index in [0.29, 0.717) is 16.9 Å². The number of aliphatic carboxylic acids is 1. The van der Waals surface area contributed by atoms with Crippen LogP contribution in [0.3, 0.4) is 0 Å². The Morgan fingerprint density at radius 1 is 1.20 bits per heavy atom. The molecule has 0 bridgehead atoms. The zero-order valence-electron chi connectivity index (χ0n) is 27.4. The van der Waals surface area contributed by atoms with Gasteiger partial charge in [0.25, 0.3) is 0 Å². The lowest BCUT2D eigenvalue weighted by Crippen LogP contribution is -3.09. The Morgan fingerprint density at radius 2 is 1.96 bits per heavy atom. The van der Waals surface area contributed by atoms with Gasteiger partial charge in [-0.05, 0) is 13.5 Å². The summed E-state index contributed by atoms with van der Waals surface area (Å²) in [6, 6.07) is 0. The number of nitrogens with zero attached hydrogens (tertiary/aromatic N) is 1. The summed E-state index contributed by atoms with van der Waals surface area (Å²) >= 11 is 0. The van der Waals surface area contributed by atoms with Gasteiger partial charge in [0.2, 0.25) is 6.29 Å². The molecule has 0 radical (unpaired) electrons. The number of ether oxygens (including phenoxy) is 5. The molecule has 1 saturated heterocycles. The number of rotatable bonds is 17.